The summed E-state index contributed by atoms with van der Waals surface area (Å²) in [6, 6.07) is 9.57. The van der Waals surface area contributed by atoms with Crippen molar-refractivity contribution in [3.63, 3.8) is 0 Å². The lowest BCUT2D eigenvalue weighted by atomic mass is 10.1. The molecule has 6 nitrogen and oxygen atoms in total. The van der Waals surface area contributed by atoms with Crippen LogP contribution >= 0.6 is 0 Å². The molecule has 2 aromatic carbocycles. The average molecular weight is 365 g/mol. The Bertz CT molecular complexity index is 812. The summed E-state index contributed by atoms with van der Waals surface area (Å²) in [5, 5.41) is 9.06. The number of carbonyl (C=O) groups is 1. The van der Waals surface area contributed by atoms with Gasteiger partial charge >= 0.3 is 12.6 Å². The Hall–Kier alpha value is -2.87. The van der Waals surface area contributed by atoms with E-state index in [2.05, 4.69) is 4.74 Å². The number of nitrogens with zero attached hydrogens (tertiary/aromatic N) is 1. The molecule has 0 amide bonds. The van der Waals surface area contributed by atoms with Gasteiger partial charge in [-0.2, -0.15) is 8.78 Å². The maximum atomic E-state index is 12.7. The molecule has 0 radical (unpaired) electrons. The fraction of sp³-hybridized carbons (Fsp3) is 0.278. The third-order valence-corrected chi connectivity index (χ3v) is 3.84. The molecule has 0 aromatic heterocycles. The molecule has 0 aliphatic carbocycles. The molecule has 0 unspecified atom stereocenters. The molecule has 0 bridgehead atoms. The number of benzene rings is 2. The second kappa shape index (κ2) is 7.57. The monoisotopic (exact) mass is 365 g/mol. The van der Waals surface area contributed by atoms with E-state index in [1.165, 1.54) is 12.1 Å². The molecule has 26 heavy (non-hydrogen) atoms. The van der Waals surface area contributed by atoms with Gasteiger partial charge in [0.1, 0.15) is 5.75 Å². The van der Waals surface area contributed by atoms with Gasteiger partial charge in [0.15, 0.2) is 11.5 Å². The van der Waals surface area contributed by atoms with E-state index in [4.69, 9.17) is 14.6 Å². The summed E-state index contributed by atoms with van der Waals surface area (Å²) in [6.07, 6.45) is 0. The van der Waals surface area contributed by atoms with E-state index in [0.717, 1.165) is 5.56 Å². The Labute approximate surface area is 148 Å². The Morgan fingerprint density at radius 1 is 1.23 bits per heavy atom. The zero-order valence-electron chi connectivity index (χ0n) is 13.9. The van der Waals surface area contributed by atoms with E-state index in [0.29, 0.717) is 30.2 Å². The lowest BCUT2D eigenvalue weighted by Gasteiger charge is -2.19. The zero-order valence-corrected chi connectivity index (χ0v) is 13.9. The minimum Gasteiger partial charge on any atom is -0.478 e. The molecule has 3 rings (SSSR count). The van der Waals surface area contributed by atoms with Crippen LogP contribution in [0.25, 0.3) is 0 Å². The van der Waals surface area contributed by atoms with E-state index in [-0.39, 0.29) is 18.1 Å². The van der Waals surface area contributed by atoms with E-state index in [1.54, 1.807) is 31.3 Å². The van der Waals surface area contributed by atoms with Crippen LogP contribution in [0.1, 0.15) is 21.5 Å². The number of alkyl halides is 2. The Kier molecular flexibility index (Phi) is 5.22. The highest BCUT2D eigenvalue weighted by atomic mass is 19.3. The second-order valence-corrected chi connectivity index (χ2v) is 5.87. The van der Waals surface area contributed by atoms with Crippen LogP contribution in [0.2, 0.25) is 0 Å². The van der Waals surface area contributed by atoms with Crippen LogP contribution in [0.3, 0.4) is 0 Å². The van der Waals surface area contributed by atoms with Gasteiger partial charge in [-0.1, -0.05) is 12.1 Å². The molecule has 0 fully saturated rings. The van der Waals surface area contributed by atoms with Gasteiger partial charge in [-0.3, -0.25) is 4.90 Å². The first-order chi connectivity index (χ1) is 12.4. The first kappa shape index (κ1) is 17.9. The largest absolute Gasteiger partial charge is 0.478 e. The first-order valence-corrected chi connectivity index (χ1v) is 7.80. The van der Waals surface area contributed by atoms with Crippen molar-refractivity contribution in [3.05, 3.63) is 53.1 Å². The van der Waals surface area contributed by atoms with Crippen molar-refractivity contribution in [2.24, 2.45) is 0 Å². The molecule has 0 spiro atoms. The molecule has 0 atom stereocenters. The molecule has 0 saturated heterocycles. The van der Waals surface area contributed by atoms with Crippen LogP contribution in [0, 0.1) is 0 Å². The SMILES string of the molecule is CN(Cc1cccc(C(=O)O)c1)Cc1cc2c(cc1OC(F)F)OCO2. The van der Waals surface area contributed by atoms with Gasteiger partial charge in [-0.05, 0) is 30.8 Å². The van der Waals surface area contributed by atoms with Crippen molar-refractivity contribution in [1.82, 2.24) is 4.90 Å². The summed E-state index contributed by atoms with van der Waals surface area (Å²) < 4.78 is 40.5. The van der Waals surface area contributed by atoms with Gasteiger partial charge in [-0.25, -0.2) is 4.79 Å². The fourth-order valence-electron chi connectivity index (χ4n) is 2.76. The van der Waals surface area contributed by atoms with Crippen LogP contribution in [0.5, 0.6) is 17.2 Å². The second-order valence-electron chi connectivity index (χ2n) is 5.87. The topological polar surface area (TPSA) is 68.2 Å². The van der Waals surface area contributed by atoms with Crippen molar-refractivity contribution in [2.45, 2.75) is 19.7 Å². The van der Waals surface area contributed by atoms with Crippen molar-refractivity contribution < 1.29 is 32.9 Å². The quantitative estimate of drug-likeness (QED) is 0.812. The molecular formula is C18H17F2NO5. The summed E-state index contributed by atoms with van der Waals surface area (Å²) in [5.74, 6) is -0.141. The van der Waals surface area contributed by atoms with Crippen LogP contribution in [0.15, 0.2) is 36.4 Å². The average Bonchev–Trinajstić information content (AvgIpc) is 3.01. The number of halogens is 2. The number of aromatic carboxylic acids is 1. The first-order valence-electron chi connectivity index (χ1n) is 7.80. The van der Waals surface area contributed by atoms with Crippen LogP contribution in [-0.2, 0) is 13.1 Å². The molecule has 0 saturated carbocycles. The molecule has 1 aliphatic heterocycles. The molecule has 1 aliphatic rings. The molecule has 138 valence electrons. The smallest absolute Gasteiger partial charge is 0.387 e. The number of hydrogen-bond donors (Lipinski definition) is 1. The van der Waals surface area contributed by atoms with Crippen LogP contribution < -0.4 is 14.2 Å². The number of carboxylic acids is 1. The Morgan fingerprint density at radius 3 is 2.65 bits per heavy atom. The zero-order chi connectivity index (χ0) is 18.7. The predicted octanol–water partition coefficient (Wildman–Crippen LogP) is 3.35. The molecule has 8 heteroatoms. The van der Waals surface area contributed by atoms with Gasteiger partial charge in [0, 0.05) is 24.7 Å². The normalized spacial score (nSPS) is 12.7. The van der Waals surface area contributed by atoms with Gasteiger partial charge in [-0.15, -0.1) is 0 Å². The number of fused-ring (bicyclic) bond motifs is 1. The maximum Gasteiger partial charge on any atom is 0.387 e. The lowest BCUT2D eigenvalue weighted by molar-refractivity contribution is -0.0508. The van der Waals surface area contributed by atoms with Crippen molar-refractivity contribution in [3.8, 4) is 17.2 Å². The van der Waals surface area contributed by atoms with Crippen molar-refractivity contribution >= 4 is 5.97 Å². The number of rotatable bonds is 7. The van der Waals surface area contributed by atoms with Crippen molar-refractivity contribution in [2.75, 3.05) is 13.8 Å². The minimum atomic E-state index is -2.95. The van der Waals surface area contributed by atoms with Gasteiger partial charge in [0.2, 0.25) is 6.79 Å². The molecule has 2 aromatic rings. The third kappa shape index (κ3) is 4.20. The summed E-state index contributed by atoms with van der Waals surface area (Å²) in [7, 11) is 1.80. The Balaban J connectivity index is 1.77. The van der Waals surface area contributed by atoms with Gasteiger partial charge in [0.05, 0.1) is 5.56 Å². The highest BCUT2D eigenvalue weighted by Crippen LogP contribution is 2.39. The fourth-order valence-corrected chi connectivity index (χ4v) is 2.76. The highest BCUT2D eigenvalue weighted by Gasteiger charge is 2.21. The van der Waals surface area contributed by atoms with Crippen LogP contribution in [-0.4, -0.2) is 36.4 Å². The lowest BCUT2D eigenvalue weighted by Crippen LogP contribution is -2.18. The van der Waals surface area contributed by atoms with E-state index in [9.17, 15) is 13.6 Å². The predicted molar refractivity (Wildman–Crippen MR) is 87.8 cm³/mol. The number of carboxylic acid groups (broad SMARTS) is 1. The Morgan fingerprint density at radius 2 is 1.96 bits per heavy atom. The van der Waals surface area contributed by atoms with Gasteiger partial charge < -0.3 is 19.3 Å². The van der Waals surface area contributed by atoms with Gasteiger partial charge in [0.25, 0.3) is 0 Å². The summed E-state index contributed by atoms with van der Waals surface area (Å²) in [5.41, 5.74) is 1.51. The molecular weight excluding hydrogens is 348 g/mol. The number of hydrogen-bond acceptors (Lipinski definition) is 5. The highest BCUT2D eigenvalue weighted by molar-refractivity contribution is 5.87. The number of ether oxygens (including phenoxy) is 3. The standard InChI is InChI=1S/C18H17F2NO5/c1-21(8-11-3-2-4-12(5-11)17(22)23)9-13-6-15-16(25-10-24-15)7-14(13)26-18(19)20/h2-7,18H,8-10H2,1H3,(H,22,23). The summed E-state index contributed by atoms with van der Waals surface area (Å²) in [4.78, 5) is 12.9. The third-order valence-electron chi connectivity index (χ3n) is 3.84. The van der Waals surface area contributed by atoms with Crippen molar-refractivity contribution in [1.29, 1.82) is 0 Å². The van der Waals surface area contributed by atoms with E-state index >= 15 is 0 Å². The maximum absolute atomic E-state index is 12.7. The van der Waals surface area contributed by atoms with E-state index < -0.39 is 12.6 Å². The summed E-state index contributed by atoms with van der Waals surface area (Å²) >= 11 is 0. The van der Waals surface area contributed by atoms with E-state index in [1.807, 2.05) is 4.90 Å². The van der Waals surface area contributed by atoms with Crippen LogP contribution in [0.4, 0.5) is 8.78 Å². The summed E-state index contributed by atoms with van der Waals surface area (Å²) in [6.45, 7) is -2.18. The minimum absolute atomic E-state index is 0.0235. The molecule has 1 heterocycles. The molecule has 1 N–H and O–H groups in total.